The van der Waals surface area contributed by atoms with E-state index >= 15 is 0 Å². The monoisotopic (exact) mass is 360 g/mol. The number of Topliss-reactive ketones (excluding diaryl/α,β-unsaturated/α-hetero) is 2. The fourth-order valence-corrected chi connectivity index (χ4v) is 7.63. The van der Waals surface area contributed by atoms with Crippen molar-refractivity contribution in [1.82, 2.24) is 0 Å². The van der Waals surface area contributed by atoms with E-state index in [9.17, 15) is 19.8 Å². The number of aliphatic hydroxyl groups is 2. The number of ketones is 2. The Morgan fingerprint density at radius 2 is 1.85 bits per heavy atom. The summed E-state index contributed by atoms with van der Waals surface area (Å²) in [5.41, 5.74) is -0.470. The molecule has 4 nitrogen and oxygen atoms in total. The van der Waals surface area contributed by atoms with Crippen LogP contribution in [0.15, 0.2) is 11.6 Å². The average molecular weight is 360 g/mol. The summed E-state index contributed by atoms with van der Waals surface area (Å²) in [7, 11) is 0. The Morgan fingerprint density at radius 3 is 2.50 bits per heavy atom. The quantitative estimate of drug-likeness (QED) is 0.705. The van der Waals surface area contributed by atoms with Gasteiger partial charge in [-0.3, -0.25) is 9.59 Å². The van der Waals surface area contributed by atoms with Gasteiger partial charge in [0.15, 0.2) is 11.6 Å². The van der Waals surface area contributed by atoms with Gasteiger partial charge in [-0.25, -0.2) is 0 Å². The summed E-state index contributed by atoms with van der Waals surface area (Å²) in [6, 6.07) is 0. The highest BCUT2D eigenvalue weighted by atomic mass is 16.3. The molecule has 3 saturated carbocycles. The van der Waals surface area contributed by atoms with Crippen molar-refractivity contribution >= 4 is 11.6 Å². The minimum atomic E-state index is -1.19. The summed E-state index contributed by atoms with van der Waals surface area (Å²) in [6.07, 6.45) is 5.57. The highest BCUT2D eigenvalue weighted by Gasteiger charge is 2.66. The fourth-order valence-electron chi connectivity index (χ4n) is 7.63. The molecule has 0 saturated heterocycles. The van der Waals surface area contributed by atoms with Gasteiger partial charge in [-0.15, -0.1) is 0 Å². The molecule has 4 aliphatic rings. The third-order valence-corrected chi connectivity index (χ3v) is 9.01. The first kappa shape index (κ1) is 18.4. The van der Waals surface area contributed by atoms with Crippen LogP contribution in [-0.2, 0) is 9.59 Å². The summed E-state index contributed by atoms with van der Waals surface area (Å²) >= 11 is 0. The largest absolute Gasteiger partial charge is 0.382 e. The SMILES string of the molecule is CC(=O)[C@@]1(O)CC[C@H]2[C@@H]3CC(C)C4=CC(O)C(=O)C[C@]4(C)[C@H]3CC[C@@]21C. The van der Waals surface area contributed by atoms with Gasteiger partial charge in [0, 0.05) is 11.8 Å². The molecule has 4 rings (SSSR count). The third kappa shape index (κ3) is 2.09. The van der Waals surface area contributed by atoms with Crippen molar-refractivity contribution in [3.63, 3.8) is 0 Å². The Labute approximate surface area is 156 Å². The molecule has 0 amide bonds. The predicted octanol–water partition coefficient (Wildman–Crippen LogP) is 3.06. The van der Waals surface area contributed by atoms with E-state index in [-0.39, 0.29) is 22.4 Å². The van der Waals surface area contributed by atoms with Gasteiger partial charge in [0.05, 0.1) is 0 Å². The van der Waals surface area contributed by atoms with Crippen LogP contribution >= 0.6 is 0 Å². The van der Waals surface area contributed by atoms with Crippen LogP contribution < -0.4 is 0 Å². The number of rotatable bonds is 1. The molecule has 0 aliphatic heterocycles. The van der Waals surface area contributed by atoms with Crippen molar-refractivity contribution in [2.75, 3.05) is 0 Å². The molecule has 0 heterocycles. The van der Waals surface area contributed by atoms with Crippen LogP contribution in [0, 0.1) is 34.5 Å². The zero-order valence-electron chi connectivity index (χ0n) is 16.4. The molecule has 144 valence electrons. The number of carbonyl (C=O) groups is 2. The average Bonchev–Trinajstić information content (AvgIpc) is 2.83. The standard InChI is InChI=1S/C22H32O4/c1-12-9-14-15(20(3)11-19(25)18(24)10-17(12)20)5-7-21(4)16(14)6-8-22(21,26)13(2)23/h10,12,14-16,18,24,26H,5-9,11H2,1-4H3/t12?,14-,15+,16+,18?,20-,21+,22+/m1/s1. The third-order valence-electron chi connectivity index (χ3n) is 9.01. The molecular formula is C22H32O4. The molecule has 3 fully saturated rings. The van der Waals surface area contributed by atoms with Crippen molar-refractivity contribution < 1.29 is 19.8 Å². The van der Waals surface area contributed by atoms with Crippen LogP contribution in [0.1, 0.15) is 66.2 Å². The van der Waals surface area contributed by atoms with Crippen LogP contribution in [0.5, 0.6) is 0 Å². The Morgan fingerprint density at radius 1 is 1.19 bits per heavy atom. The smallest absolute Gasteiger partial charge is 0.166 e. The Kier molecular flexibility index (Phi) is 3.89. The van der Waals surface area contributed by atoms with E-state index in [1.54, 1.807) is 0 Å². The lowest BCUT2D eigenvalue weighted by Gasteiger charge is -2.60. The molecule has 4 aliphatic carbocycles. The molecule has 0 spiro atoms. The molecule has 0 radical (unpaired) electrons. The van der Waals surface area contributed by atoms with E-state index < -0.39 is 11.7 Å². The maximum absolute atomic E-state index is 12.3. The Bertz CT molecular complexity index is 696. The van der Waals surface area contributed by atoms with Crippen molar-refractivity contribution in [3.05, 3.63) is 11.6 Å². The van der Waals surface area contributed by atoms with Crippen LogP contribution in [0.25, 0.3) is 0 Å². The van der Waals surface area contributed by atoms with E-state index in [0.717, 1.165) is 25.7 Å². The molecule has 0 aromatic rings. The zero-order chi connectivity index (χ0) is 19.1. The van der Waals surface area contributed by atoms with Crippen LogP contribution in [0.3, 0.4) is 0 Å². The summed E-state index contributed by atoms with van der Waals surface area (Å²) in [5, 5.41) is 21.3. The Balaban J connectivity index is 1.74. The summed E-state index contributed by atoms with van der Waals surface area (Å²) in [4.78, 5) is 24.6. The second-order valence-corrected chi connectivity index (χ2v) is 10.1. The van der Waals surface area contributed by atoms with Gasteiger partial charge in [-0.2, -0.15) is 0 Å². The van der Waals surface area contributed by atoms with Gasteiger partial charge in [-0.1, -0.05) is 26.3 Å². The molecule has 8 atom stereocenters. The van der Waals surface area contributed by atoms with Gasteiger partial charge in [-0.05, 0) is 74.2 Å². The van der Waals surface area contributed by atoms with Gasteiger partial charge < -0.3 is 10.2 Å². The van der Waals surface area contributed by atoms with Crippen molar-refractivity contribution in [2.24, 2.45) is 34.5 Å². The molecule has 2 unspecified atom stereocenters. The maximum atomic E-state index is 12.3. The van der Waals surface area contributed by atoms with Crippen LogP contribution in [-0.4, -0.2) is 33.5 Å². The minimum Gasteiger partial charge on any atom is -0.382 e. The summed E-state index contributed by atoms with van der Waals surface area (Å²) in [5.74, 6) is 1.34. The molecule has 2 N–H and O–H groups in total. The first-order chi connectivity index (χ1) is 12.0. The van der Waals surface area contributed by atoms with Gasteiger partial charge in [0.25, 0.3) is 0 Å². The highest BCUT2D eigenvalue weighted by Crippen LogP contribution is 2.68. The van der Waals surface area contributed by atoms with Gasteiger partial charge >= 0.3 is 0 Å². The second kappa shape index (κ2) is 5.51. The topological polar surface area (TPSA) is 74.6 Å². The zero-order valence-corrected chi connectivity index (χ0v) is 16.4. The predicted molar refractivity (Wildman–Crippen MR) is 98.3 cm³/mol. The van der Waals surface area contributed by atoms with E-state index in [1.165, 1.54) is 12.5 Å². The molecule has 4 heteroatoms. The van der Waals surface area contributed by atoms with Gasteiger partial charge in [0.2, 0.25) is 0 Å². The van der Waals surface area contributed by atoms with E-state index in [2.05, 4.69) is 20.8 Å². The first-order valence-corrected chi connectivity index (χ1v) is 10.2. The maximum Gasteiger partial charge on any atom is 0.166 e. The number of allylic oxidation sites excluding steroid dienone is 1. The normalized spacial score (nSPS) is 53.4. The molecule has 0 bridgehead atoms. The van der Waals surface area contributed by atoms with Crippen molar-refractivity contribution in [2.45, 2.75) is 77.9 Å². The summed E-state index contributed by atoms with van der Waals surface area (Å²) in [6.45, 7) is 8.08. The fraction of sp³-hybridized carbons (Fsp3) is 0.818. The number of hydrogen-bond donors (Lipinski definition) is 2. The molecule has 0 aromatic heterocycles. The van der Waals surface area contributed by atoms with E-state index in [1.807, 2.05) is 6.08 Å². The lowest BCUT2D eigenvalue weighted by Crippen LogP contribution is -2.58. The van der Waals surface area contributed by atoms with Gasteiger partial charge in [0.1, 0.15) is 11.7 Å². The number of aliphatic hydroxyl groups excluding tert-OH is 1. The van der Waals surface area contributed by atoms with E-state index in [0.29, 0.717) is 36.5 Å². The molecular weight excluding hydrogens is 328 g/mol. The minimum absolute atomic E-state index is 0.0656. The highest BCUT2D eigenvalue weighted by molar-refractivity contribution is 5.87. The van der Waals surface area contributed by atoms with Crippen molar-refractivity contribution in [1.29, 1.82) is 0 Å². The van der Waals surface area contributed by atoms with Crippen LogP contribution in [0.4, 0.5) is 0 Å². The number of hydrogen-bond acceptors (Lipinski definition) is 4. The second-order valence-electron chi connectivity index (χ2n) is 10.1. The number of fused-ring (bicyclic) bond motifs is 5. The molecule has 26 heavy (non-hydrogen) atoms. The molecule has 0 aromatic carbocycles. The van der Waals surface area contributed by atoms with Crippen molar-refractivity contribution in [3.8, 4) is 0 Å². The lowest BCUT2D eigenvalue weighted by atomic mass is 9.44. The first-order valence-electron chi connectivity index (χ1n) is 10.2. The Hall–Kier alpha value is -1.00. The lowest BCUT2D eigenvalue weighted by molar-refractivity contribution is -0.161. The summed E-state index contributed by atoms with van der Waals surface area (Å²) < 4.78 is 0. The van der Waals surface area contributed by atoms with E-state index in [4.69, 9.17) is 0 Å². The van der Waals surface area contributed by atoms with Crippen LogP contribution in [0.2, 0.25) is 0 Å². The number of carbonyl (C=O) groups excluding carboxylic acids is 2.